The summed E-state index contributed by atoms with van der Waals surface area (Å²) in [6.45, 7) is 2.86. The van der Waals surface area contributed by atoms with Gasteiger partial charge in [-0.1, -0.05) is 39.0 Å². The van der Waals surface area contributed by atoms with E-state index in [2.05, 4.69) is 17.0 Å². The minimum Gasteiger partial charge on any atom is -0.465 e. The third kappa shape index (κ3) is 5.61. The molecule has 0 aromatic heterocycles. The Morgan fingerprint density at radius 3 is 2.57 bits per heavy atom. The van der Waals surface area contributed by atoms with Crippen LogP contribution in [0.3, 0.4) is 0 Å². The number of nitrogens with one attached hydrogen (secondary N) is 1. The van der Waals surface area contributed by atoms with E-state index in [-0.39, 0.29) is 16.9 Å². The Bertz CT molecular complexity index is 464. The van der Waals surface area contributed by atoms with Gasteiger partial charge in [0.2, 0.25) is 0 Å². The molecular weight excluding hydrogens is 271 g/mol. The normalized spacial score (nSPS) is 10.4. The van der Waals surface area contributed by atoms with Crippen molar-refractivity contribution >= 4 is 17.3 Å². The highest BCUT2D eigenvalue weighted by Gasteiger charge is 2.14. The fraction of sp³-hybridized carbons (Fsp3) is 0.562. The van der Waals surface area contributed by atoms with E-state index in [0.717, 1.165) is 18.9 Å². The number of carbonyl (C=O) groups is 1. The molecular formula is C16H25FN2O2. The van der Waals surface area contributed by atoms with Gasteiger partial charge in [0.15, 0.2) is 0 Å². The number of ether oxygens (including phenoxy) is 1. The van der Waals surface area contributed by atoms with Crippen molar-refractivity contribution in [1.29, 1.82) is 0 Å². The second-order valence-corrected chi connectivity index (χ2v) is 5.11. The highest BCUT2D eigenvalue weighted by molar-refractivity contribution is 5.96. The minimum absolute atomic E-state index is 0.0875. The Kier molecular flexibility index (Phi) is 7.58. The molecule has 1 aromatic carbocycles. The van der Waals surface area contributed by atoms with Crippen molar-refractivity contribution < 1.29 is 13.9 Å². The molecule has 118 valence electrons. The average Bonchev–Trinajstić information content (AvgIpc) is 2.47. The molecule has 0 heterocycles. The van der Waals surface area contributed by atoms with Crippen molar-refractivity contribution in [2.45, 2.75) is 45.4 Å². The van der Waals surface area contributed by atoms with Crippen LogP contribution in [0, 0.1) is 5.82 Å². The second kappa shape index (κ2) is 9.21. The first kappa shape index (κ1) is 17.3. The number of rotatable bonds is 9. The first-order valence-electron chi connectivity index (χ1n) is 7.51. The highest BCUT2D eigenvalue weighted by atomic mass is 19.1. The zero-order valence-corrected chi connectivity index (χ0v) is 12.9. The number of unbranched alkanes of at least 4 members (excludes halogenated alkanes) is 5. The molecule has 0 unspecified atom stereocenters. The molecule has 1 rings (SSSR count). The van der Waals surface area contributed by atoms with E-state index in [0.29, 0.717) is 6.54 Å². The van der Waals surface area contributed by atoms with E-state index in [4.69, 9.17) is 5.73 Å². The van der Waals surface area contributed by atoms with E-state index < -0.39 is 11.8 Å². The zero-order chi connectivity index (χ0) is 15.7. The predicted molar refractivity (Wildman–Crippen MR) is 84.0 cm³/mol. The number of benzene rings is 1. The summed E-state index contributed by atoms with van der Waals surface area (Å²) in [4.78, 5) is 11.5. The van der Waals surface area contributed by atoms with Gasteiger partial charge in [-0.25, -0.2) is 9.18 Å². The van der Waals surface area contributed by atoms with Crippen molar-refractivity contribution in [3.05, 3.63) is 23.5 Å². The number of esters is 1. The molecule has 21 heavy (non-hydrogen) atoms. The molecule has 0 amide bonds. The number of hydrogen-bond acceptors (Lipinski definition) is 4. The summed E-state index contributed by atoms with van der Waals surface area (Å²) in [6.07, 6.45) is 7.04. The van der Waals surface area contributed by atoms with Crippen LogP contribution in [-0.2, 0) is 4.74 Å². The highest BCUT2D eigenvalue weighted by Crippen LogP contribution is 2.23. The molecule has 4 nitrogen and oxygen atoms in total. The summed E-state index contributed by atoms with van der Waals surface area (Å²) >= 11 is 0. The largest absolute Gasteiger partial charge is 0.465 e. The molecule has 0 radical (unpaired) electrons. The van der Waals surface area contributed by atoms with Crippen molar-refractivity contribution in [2.24, 2.45) is 0 Å². The van der Waals surface area contributed by atoms with Gasteiger partial charge in [-0.15, -0.1) is 0 Å². The number of nitrogens with two attached hydrogens (primary N) is 1. The fourth-order valence-corrected chi connectivity index (χ4v) is 2.14. The van der Waals surface area contributed by atoms with Crippen LogP contribution in [0.15, 0.2) is 12.1 Å². The van der Waals surface area contributed by atoms with Crippen LogP contribution in [0.2, 0.25) is 0 Å². The number of methoxy groups -OCH3 is 1. The van der Waals surface area contributed by atoms with Gasteiger partial charge in [-0.05, 0) is 18.6 Å². The van der Waals surface area contributed by atoms with E-state index in [9.17, 15) is 9.18 Å². The molecule has 0 saturated heterocycles. The maximum atomic E-state index is 13.8. The summed E-state index contributed by atoms with van der Waals surface area (Å²) < 4.78 is 18.4. The maximum Gasteiger partial charge on any atom is 0.340 e. The molecule has 1 aromatic rings. The lowest BCUT2D eigenvalue weighted by Crippen LogP contribution is -2.09. The molecule has 5 heteroatoms. The van der Waals surface area contributed by atoms with Gasteiger partial charge in [0.25, 0.3) is 0 Å². The Morgan fingerprint density at radius 1 is 1.24 bits per heavy atom. The van der Waals surface area contributed by atoms with Crippen LogP contribution in [0.25, 0.3) is 0 Å². The Hall–Kier alpha value is -1.78. The van der Waals surface area contributed by atoms with Crippen LogP contribution >= 0.6 is 0 Å². The quantitative estimate of drug-likeness (QED) is 0.411. The minimum atomic E-state index is -0.560. The summed E-state index contributed by atoms with van der Waals surface area (Å²) in [5, 5.41) is 3.01. The lowest BCUT2D eigenvalue weighted by atomic mass is 10.1. The molecule has 0 aliphatic heterocycles. The number of hydrogen-bond donors (Lipinski definition) is 2. The van der Waals surface area contributed by atoms with Crippen LogP contribution in [0.1, 0.15) is 55.8 Å². The Balaban J connectivity index is 2.49. The average molecular weight is 296 g/mol. The van der Waals surface area contributed by atoms with Crippen molar-refractivity contribution in [3.8, 4) is 0 Å². The number of carbonyl (C=O) groups excluding carboxylic acids is 1. The Morgan fingerprint density at radius 2 is 1.90 bits per heavy atom. The van der Waals surface area contributed by atoms with Crippen molar-refractivity contribution in [2.75, 3.05) is 24.7 Å². The SMILES string of the molecule is CCCCCCCCNc1cc(C(=O)OC)c(N)cc1F. The van der Waals surface area contributed by atoms with E-state index in [1.54, 1.807) is 0 Å². The summed E-state index contributed by atoms with van der Waals surface area (Å²) in [5.41, 5.74) is 6.18. The molecule has 3 N–H and O–H groups in total. The fourth-order valence-electron chi connectivity index (χ4n) is 2.14. The van der Waals surface area contributed by atoms with E-state index in [1.165, 1.54) is 38.9 Å². The van der Waals surface area contributed by atoms with Gasteiger partial charge >= 0.3 is 5.97 Å². The second-order valence-electron chi connectivity index (χ2n) is 5.11. The lowest BCUT2D eigenvalue weighted by molar-refractivity contribution is 0.0602. The molecule has 0 atom stereocenters. The zero-order valence-electron chi connectivity index (χ0n) is 12.9. The number of nitrogen functional groups attached to an aromatic ring is 1. The summed E-state index contributed by atoms with van der Waals surface area (Å²) in [6, 6.07) is 2.56. The number of anilines is 2. The Labute approximate surface area is 125 Å². The molecule has 0 saturated carbocycles. The number of halogens is 1. The van der Waals surface area contributed by atoms with Gasteiger partial charge in [0, 0.05) is 12.2 Å². The first-order chi connectivity index (χ1) is 10.1. The predicted octanol–water partition coefficient (Wildman–Crippen LogP) is 3.97. The summed E-state index contributed by atoms with van der Waals surface area (Å²) in [7, 11) is 1.27. The van der Waals surface area contributed by atoms with Gasteiger partial charge in [-0.3, -0.25) is 0 Å². The molecule has 0 spiro atoms. The topological polar surface area (TPSA) is 64.3 Å². The monoisotopic (exact) mass is 296 g/mol. The lowest BCUT2D eigenvalue weighted by Gasteiger charge is -2.11. The van der Waals surface area contributed by atoms with Crippen LogP contribution < -0.4 is 11.1 Å². The van der Waals surface area contributed by atoms with Crippen LogP contribution in [-0.4, -0.2) is 19.6 Å². The first-order valence-corrected chi connectivity index (χ1v) is 7.51. The smallest absolute Gasteiger partial charge is 0.340 e. The molecule has 0 fully saturated rings. The third-order valence-corrected chi connectivity index (χ3v) is 3.39. The van der Waals surface area contributed by atoms with Gasteiger partial charge < -0.3 is 15.8 Å². The van der Waals surface area contributed by atoms with Crippen LogP contribution in [0.5, 0.6) is 0 Å². The maximum absolute atomic E-state index is 13.8. The third-order valence-electron chi connectivity index (χ3n) is 3.39. The van der Waals surface area contributed by atoms with Gasteiger partial charge in [0.1, 0.15) is 5.82 Å². The summed E-state index contributed by atoms with van der Waals surface area (Å²) in [5.74, 6) is -1.01. The van der Waals surface area contributed by atoms with E-state index in [1.807, 2.05) is 0 Å². The van der Waals surface area contributed by atoms with Crippen molar-refractivity contribution in [3.63, 3.8) is 0 Å². The molecule has 0 aliphatic carbocycles. The van der Waals surface area contributed by atoms with Crippen LogP contribution in [0.4, 0.5) is 15.8 Å². The van der Waals surface area contributed by atoms with Crippen molar-refractivity contribution in [1.82, 2.24) is 0 Å². The molecule has 0 aliphatic rings. The standard InChI is InChI=1S/C16H25FN2O2/c1-3-4-5-6-7-8-9-19-15-10-12(16(20)21-2)14(18)11-13(15)17/h10-11,19H,3-9,18H2,1-2H3. The van der Waals surface area contributed by atoms with Gasteiger partial charge in [-0.2, -0.15) is 0 Å². The van der Waals surface area contributed by atoms with E-state index >= 15 is 0 Å². The molecule has 0 bridgehead atoms. The van der Waals surface area contributed by atoms with Gasteiger partial charge in [0.05, 0.1) is 18.4 Å².